The third-order valence-electron chi connectivity index (χ3n) is 3.73. The quantitative estimate of drug-likeness (QED) is 0.816. The Balaban J connectivity index is 0.00000208. The van der Waals surface area contributed by atoms with Gasteiger partial charge < -0.3 is 15.4 Å². The van der Waals surface area contributed by atoms with Gasteiger partial charge in [-0.1, -0.05) is 6.92 Å². The molecule has 2 heterocycles. The van der Waals surface area contributed by atoms with Crippen LogP contribution in [0.2, 0.25) is 0 Å². The summed E-state index contributed by atoms with van der Waals surface area (Å²) in [5.41, 5.74) is 1.89. The van der Waals surface area contributed by atoms with Gasteiger partial charge in [-0.15, -0.1) is 23.7 Å². The van der Waals surface area contributed by atoms with Crippen molar-refractivity contribution in [1.29, 1.82) is 0 Å². The number of ether oxygens (including phenoxy) is 1. The molecule has 1 aliphatic heterocycles. The highest BCUT2D eigenvalue weighted by Crippen LogP contribution is 2.26. The number of hydrogen-bond donors (Lipinski definition) is 2. The zero-order valence-electron chi connectivity index (χ0n) is 13.6. The fraction of sp³-hybridized carbons (Fsp3) is 0.412. The van der Waals surface area contributed by atoms with Gasteiger partial charge in [0.2, 0.25) is 5.91 Å². The van der Waals surface area contributed by atoms with E-state index >= 15 is 0 Å². The zero-order chi connectivity index (χ0) is 16.1. The van der Waals surface area contributed by atoms with Gasteiger partial charge >= 0.3 is 0 Å². The lowest BCUT2D eigenvalue weighted by Gasteiger charge is -2.08. The monoisotopic (exact) mass is 367 g/mol. The first-order valence-corrected chi connectivity index (χ1v) is 8.87. The molecule has 0 aliphatic carbocycles. The normalized spacial score (nSPS) is 16.5. The molecule has 2 aromatic rings. The van der Waals surface area contributed by atoms with E-state index in [-0.39, 0.29) is 24.4 Å². The molecule has 0 saturated carbocycles. The summed E-state index contributed by atoms with van der Waals surface area (Å²) < 4.78 is 5.58. The van der Waals surface area contributed by atoms with Crippen molar-refractivity contribution in [2.75, 3.05) is 18.5 Å². The second-order valence-corrected chi connectivity index (χ2v) is 6.41. The van der Waals surface area contributed by atoms with Crippen molar-refractivity contribution in [3.05, 3.63) is 29.6 Å². The lowest BCUT2D eigenvalue weighted by atomic mass is 10.2. The number of aromatic nitrogens is 1. The largest absolute Gasteiger partial charge is 0.494 e. The number of amides is 1. The molecule has 24 heavy (non-hydrogen) atoms. The molecule has 1 aromatic heterocycles. The van der Waals surface area contributed by atoms with Gasteiger partial charge in [0, 0.05) is 10.9 Å². The number of nitrogens with zero attached hydrogens (tertiary/aromatic N) is 1. The summed E-state index contributed by atoms with van der Waals surface area (Å²) in [7, 11) is 0. The van der Waals surface area contributed by atoms with E-state index in [1.165, 1.54) is 11.3 Å². The van der Waals surface area contributed by atoms with Crippen molar-refractivity contribution in [2.45, 2.75) is 32.2 Å². The maximum absolute atomic E-state index is 12.1. The van der Waals surface area contributed by atoms with Gasteiger partial charge in [-0.05, 0) is 50.1 Å². The van der Waals surface area contributed by atoms with Crippen molar-refractivity contribution < 1.29 is 9.53 Å². The minimum absolute atomic E-state index is 0. The number of carbonyl (C=O) groups is 1. The molecular formula is C17H22ClN3O2S. The fourth-order valence-electron chi connectivity index (χ4n) is 2.51. The Hall–Kier alpha value is -1.63. The predicted molar refractivity (Wildman–Crippen MR) is 100 cm³/mol. The Bertz CT molecular complexity index is 654. The van der Waals surface area contributed by atoms with E-state index in [0.29, 0.717) is 5.13 Å². The Morgan fingerprint density at radius 1 is 1.42 bits per heavy atom. The summed E-state index contributed by atoms with van der Waals surface area (Å²) >= 11 is 1.45. The molecule has 1 saturated heterocycles. The van der Waals surface area contributed by atoms with Crippen LogP contribution in [0.3, 0.4) is 0 Å². The van der Waals surface area contributed by atoms with Gasteiger partial charge in [-0.25, -0.2) is 4.98 Å². The molecule has 0 bridgehead atoms. The summed E-state index contributed by atoms with van der Waals surface area (Å²) in [6.07, 6.45) is 2.93. The lowest BCUT2D eigenvalue weighted by molar-refractivity contribution is -0.117. The van der Waals surface area contributed by atoms with Crippen LogP contribution < -0.4 is 15.4 Å². The van der Waals surface area contributed by atoms with Crippen LogP contribution in [0, 0.1) is 0 Å². The van der Waals surface area contributed by atoms with E-state index < -0.39 is 0 Å². The number of hydrogen-bond acceptors (Lipinski definition) is 5. The van der Waals surface area contributed by atoms with E-state index in [9.17, 15) is 4.79 Å². The molecule has 1 unspecified atom stereocenters. The van der Waals surface area contributed by atoms with Crippen LogP contribution in [0.15, 0.2) is 29.6 Å². The second kappa shape index (κ2) is 9.01. The van der Waals surface area contributed by atoms with Crippen LogP contribution in [-0.2, 0) is 4.79 Å². The first-order valence-electron chi connectivity index (χ1n) is 7.99. The highest BCUT2D eigenvalue weighted by molar-refractivity contribution is 7.14. The summed E-state index contributed by atoms with van der Waals surface area (Å²) in [5.74, 6) is 0.873. The predicted octanol–water partition coefficient (Wildman–Crippen LogP) is 3.71. The third kappa shape index (κ3) is 4.69. The molecule has 7 heteroatoms. The third-order valence-corrected chi connectivity index (χ3v) is 4.49. The molecule has 3 rings (SSSR count). The van der Waals surface area contributed by atoms with Crippen LogP contribution >= 0.6 is 23.7 Å². The number of halogens is 1. The summed E-state index contributed by atoms with van der Waals surface area (Å²) in [5, 5.41) is 8.68. The van der Waals surface area contributed by atoms with Gasteiger partial charge in [0.25, 0.3) is 0 Å². The molecule has 0 radical (unpaired) electrons. The van der Waals surface area contributed by atoms with Crippen molar-refractivity contribution in [2.24, 2.45) is 0 Å². The molecular weight excluding hydrogens is 346 g/mol. The van der Waals surface area contributed by atoms with Gasteiger partial charge in [-0.2, -0.15) is 0 Å². The number of anilines is 1. The van der Waals surface area contributed by atoms with E-state index in [0.717, 1.165) is 49.4 Å². The van der Waals surface area contributed by atoms with Gasteiger partial charge in [0.15, 0.2) is 5.13 Å². The number of rotatable bonds is 6. The highest BCUT2D eigenvalue weighted by Gasteiger charge is 2.22. The molecule has 1 atom stereocenters. The Kier molecular flexibility index (Phi) is 7.02. The molecule has 5 nitrogen and oxygen atoms in total. The van der Waals surface area contributed by atoms with E-state index in [2.05, 4.69) is 22.5 Å². The smallest absolute Gasteiger partial charge is 0.243 e. The molecule has 1 amide bonds. The molecule has 1 aromatic carbocycles. The van der Waals surface area contributed by atoms with Crippen LogP contribution in [-0.4, -0.2) is 30.1 Å². The van der Waals surface area contributed by atoms with Gasteiger partial charge in [-0.3, -0.25) is 4.79 Å². The van der Waals surface area contributed by atoms with Crippen molar-refractivity contribution >= 4 is 34.8 Å². The molecule has 2 N–H and O–H groups in total. The Morgan fingerprint density at radius 2 is 2.21 bits per heavy atom. The second-order valence-electron chi connectivity index (χ2n) is 5.55. The topological polar surface area (TPSA) is 63.2 Å². The summed E-state index contributed by atoms with van der Waals surface area (Å²) in [4.78, 5) is 16.6. The minimum Gasteiger partial charge on any atom is -0.494 e. The maximum atomic E-state index is 12.1. The number of carbonyl (C=O) groups excluding carboxylic acids is 1. The van der Waals surface area contributed by atoms with Gasteiger partial charge in [0.1, 0.15) is 5.75 Å². The van der Waals surface area contributed by atoms with Crippen LogP contribution in [0.5, 0.6) is 5.75 Å². The zero-order valence-corrected chi connectivity index (χ0v) is 15.2. The molecule has 0 spiro atoms. The standard InChI is InChI=1S/C17H21N3O2S.ClH/c1-2-10-22-13-7-5-12(6-8-13)15-11-23-17(19-15)20-16(21)14-4-3-9-18-14;/h5-8,11,14,18H,2-4,9-10H2,1H3,(H,19,20,21);1H. The Labute approximate surface area is 152 Å². The molecule has 1 fully saturated rings. The van der Waals surface area contributed by atoms with Gasteiger partial charge in [0.05, 0.1) is 18.3 Å². The lowest BCUT2D eigenvalue weighted by Crippen LogP contribution is -2.35. The van der Waals surface area contributed by atoms with Crippen molar-refractivity contribution in [3.8, 4) is 17.0 Å². The van der Waals surface area contributed by atoms with Crippen molar-refractivity contribution in [3.63, 3.8) is 0 Å². The van der Waals surface area contributed by atoms with Crippen LogP contribution in [0.1, 0.15) is 26.2 Å². The van der Waals surface area contributed by atoms with E-state index in [1.807, 2.05) is 29.6 Å². The van der Waals surface area contributed by atoms with Crippen LogP contribution in [0.25, 0.3) is 11.3 Å². The number of thiazole rings is 1. The highest BCUT2D eigenvalue weighted by atomic mass is 35.5. The first kappa shape index (κ1) is 18.7. The van der Waals surface area contributed by atoms with Crippen molar-refractivity contribution in [1.82, 2.24) is 10.3 Å². The SMILES string of the molecule is CCCOc1ccc(-c2csc(NC(=O)C3CCCN3)n2)cc1.Cl. The summed E-state index contributed by atoms with van der Waals surface area (Å²) in [6.45, 7) is 3.72. The van der Waals surface area contributed by atoms with E-state index in [1.54, 1.807) is 0 Å². The van der Waals surface area contributed by atoms with Crippen LogP contribution in [0.4, 0.5) is 5.13 Å². The summed E-state index contributed by atoms with van der Waals surface area (Å²) in [6, 6.07) is 7.79. The average Bonchev–Trinajstić information content (AvgIpc) is 3.25. The molecule has 130 valence electrons. The Morgan fingerprint density at radius 3 is 2.88 bits per heavy atom. The number of benzene rings is 1. The first-order chi connectivity index (χ1) is 11.3. The average molecular weight is 368 g/mol. The number of nitrogens with one attached hydrogen (secondary N) is 2. The fourth-order valence-corrected chi connectivity index (χ4v) is 3.23. The maximum Gasteiger partial charge on any atom is 0.243 e. The van der Waals surface area contributed by atoms with E-state index in [4.69, 9.17) is 4.74 Å². The minimum atomic E-state index is -0.0858. The molecule has 1 aliphatic rings.